The van der Waals surface area contributed by atoms with Crippen molar-refractivity contribution >= 4 is 5.97 Å². The summed E-state index contributed by atoms with van der Waals surface area (Å²) in [4.78, 5) is 13.1. The van der Waals surface area contributed by atoms with Crippen LogP contribution in [0.2, 0.25) is 0 Å². The first kappa shape index (κ1) is 14.2. The van der Waals surface area contributed by atoms with Crippen molar-refractivity contribution in [3.05, 3.63) is 11.6 Å². The van der Waals surface area contributed by atoms with Gasteiger partial charge in [0.15, 0.2) is 0 Å². The van der Waals surface area contributed by atoms with Gasteiger partial charge in [0.25, 0.3) is 0 Å². The van der Waals surface area contributed by atoms with Crippen LogP contribution in [0.1, 0.15) is 40.0 Å². The highest BCUT2D eigenvalue weighted by molar-refractivity contribution is 5.86. The molecule has 0 aliphatic rings. The molecule has 0 aromatic carbocycles. The summed E-state index contributed by atoms with van der Waals surface area (Å²) in [6.07, 6.45) is 4.67. The van der Waals surface area contributed by atoms with Crippen LogP contribution in [0.15, 0.2) is 11.6 Å². The number of rotatable bonds is 8. The quantitative estimate of drug-likeness (QED) is 0.630. The van der Waals surface area contributed by atoms with Crippen molar-refractivity contribution in [3.63, 3.8) is 0 Å². The molecule has 0 aliphatic heterocycles. The monoisotopic (exact) mass is 213 g/mol. The predicted octanol–water partition coefficient (Wildman–Crippen LogP) is 2.53. The zero-order valence-corrected chi connectivity index (χ0v) is 10.1. The van der Waals surface area contributed by atoms with Gasteiger partial charge in [-0.05, 0) is 32.4 Å². The molecule has 0 unspecified atom stereocenters. The van der Waals surface area contributed by atoms with E-state index in [9.17, 15) is 4.79 Å². The second-order valence-electron chi connectivity index (χ2n) is 3.69. The van der Waals surface area contributed by atoms with Crippen molar-refractivity contribution in [1.82, 2.24) is 4.90 Å². The fourth-order valence-electron chi connectivity index (χ4n) is 1.55. The Hall–Kier alpha value is -0.830. The van der Waals surface area contributed by atoms with E-state index in [2.05, 4.69) is 18.7 Å². The molecule has 0 fully saturated rings. The number of carboxylic acids is 1. The largest absolute Gasteiger partial charge is 0.478 e. The smallest absolute Gasteiger partial charge is 0.331 e. The Labute approximate surface area is 92.8 Å². The van der Waals surface area contributed by atoms with Crippen molar-refractivity contribution in [2.45, 2.75) is 40.0 Å². The zero-order valence-electron chi connectivity index (χ0n) is 10.1. The van der Waals surface area contributed by atoms with Gasteiger partial charge in [0, 0.05) is 12.1 Å². The Bertz CT molecular complexity index is 206. The Balaban J connectivity index is 4.20. The van der Waals surface area contributed by atoms with Crippen molar-refractivity contribution < 1.29 is 9.90 Å². The normalized spacial score (nSPS) is 12.1. The van der Waals surface area contributed by atoms with Crippen LogP contribution >= 0.6 is 0 Å². The third-order valence-corrected chi connectivity index (χ3v) is 2.33. The summed E-state index contributed by atoms with van der Waals surface area (Å²) >= 11 is 0. The van der Waals surface area contributed by atoms with E-state index >= 15 is 0 Å². The van der Waals surface area contributed by atoms with E-state index in [1.807, 2.05) is 13.0 Å². The van der Waals surface area contributed by atoms with Gasteiger partial charge in [0.05, 0.1) is 0 Å². The molecule has 0 heterocycles. The molecule has 0 rings (SSSR count). The second kappa shape index (κ2) is 8.48. The number of carbonyl (C=O) groups is 1. The topological polar surface area (TPSA) is 40.5 Å². The number of aliphatic carboxylic acids is 1. The highest BCUT2D eigenvalue weighted by atomic mass is 16.4. The van der Waals surface area contributed by atoms with Crippen molar-refractivity contribution in [1.29, 1.82) is 0 Å². The Kier molecular flexibility index (Phi) is 8.01. The summed E-state index contributed by atoms with van der Waals surface area (Å²) in [5.41, 5.74) is 0.521. The SMILES string of the molecule is CCCN(CC=C(CC)C(=O)O)CCC. The van der Waals surface area contributed by atoms with Gasteiger partial charge < -0.3 is 5.11 Å². The fraction of sp³-hybridized carbons (Fsp3) is 0.750. The maximum Gasteiger partial charge on any atom is 0.331 e. The summed E-state index contributed by atoms with van der Waals surface area (Å²) < 4.78 is 0. The molecule has 0 radical (unpaired) electrons. The Morgan fingerprint density at radius 2 is 1.73 bits per heavy atom. The Morgan fingerprint density at radius 3 is 2.07 bits per heavy atom. The van der Waals surface area contributed by atoms with E-state index in [0.29, 0.717) is 12.0 Å². The van der Waals surface area contributed by atoms with Gasteiger partial charge in [-0.3, -0.25) is 4.90 Å². The lowest BCUT2D eigenvalue weighted by molar-refractivity contribution is -0.132. The molecule has 0 spiro atoms. The standard InChI is InChI=1S/C12H23NO2/c1-4-8-13(9-5-2)10-7-11(6-3)12(14)15/h7H,4-6,8-10H2,1-3H3,(H,14,15). The van der Waals surface area contributed by atoms with Crippen molar-refractivity contribution in [2.24, 2.45) is 0 Å². The van der Waals surface area contributed by atoms with Crippen molar-refractivity contribution in [3.8, 4) is 0 Å². The third kappa shape index (κ3) is 6.28. The third-order valence-electron chi connectivity index (χ3n) is 2.33. The molecule has 0 amide bonds. The average molecular weight is 213 g/mol. The number of nitrogens with zero attached hydrogens (tertiary/aromatic N) is 1. The van der Waals surface area contributed by atoms with Crippen LogP contribution in [0, 0.1) is 0 Å². The van der Waals surface area contributed by atoms with Gasteiger partial charge in [0.2, 0.25) is 0 Å². The van der Waals surface area contributed by atoms with E-state index in [4.69, 9.17) is 5.11 Å². The van der Waals surface area contributed by atoms with E-state index in [-0.39, 0.29) is 0 Å². The number of hydrogen-bond acceptors (Lipinski definition) is 2. The van der Waals surface area contributed by atoms with E-state index in [0.717, 1.165) is 32.5 Å². The molecule has 3 heteroatoms. The van der Waals surface area contributed by atoms with Gasteiger partial charge in [-0.25, -0.2) is 4.79 Å². The first-order chi connectivity index (χ1) is 7.15. The van der Waals surface area contributed by atoms with Gasteiger partial charge in [-0.1, -0.05) is 26.8 Å². The molecule has 0 saturated carbocycles. The van der Waals surface area contributed by atoms with Gasteiger partial charge in [-0.2, -0.15) is 0 Å². The second-order valence-corrected chi connectivity index (χ2v) is 3.69. The molecular formula is C12H23NO2. The maximum absolute atomic E-state index is 10.8. The molecule has 0 aliphatic carbocycles. The van der Waals surface area contributed by atoms with Crippen molar-refractivity contribution in [2.75, 3.05) is 19.6 Å². The first-order valence-corrected chi connectivity index (χ1v) is 5.80. The Morgan fingerprint density at radius 1 is 1.20 bits per heavy atom. The molecule has 0 saturated heterocycles. The van der Waals surface area contributed by atoms with Crippen LogP contribution in [0.25, 0.3) is 0 Å². The van der Waals surface area contributed by atoms with Crippen LogP contribution in [0.3, 0.4) is 0 Å². The molecular weight excluding hydrogens is 190 g/mol. The molecule has 15 heavy (non-hydrogen) atoms. The van der Waals surface area contributed by atoms with Gasteiger partial charge >= 0.3 is 5.97 Å². The molecule has 88 valence electrons. The number of hydrogen-bond donors (Lipinski definition) is 1. The van der Waals surface area contributed by atoms with E-state index in [1.165, 1.54) is 0 Å². The molecule has 0 bridgehead atoms. The first-order valence-electron chi connectivity index (χ1n) is 5.80. The molecule has 0 aromatic heterocycles. The molecule has 3 nitrogen and oxygen atoms in total. The van der Waals surface area contributed by atoms with Crippen LogP contribution < -0.4 is 0 Å². The van der Waals surface area contributed by atoms with Gasteiger partial charge in [0.1, 0.15) is 0 Å². The lowest BCUT2D eigenvalue weighted by Gasteiger charge is -2.19. The molecule has 0 atom stereocenters. The summed E-state index contributed by atoms with van der Waals surface area (Å²) in [5.74, 6) is -0.787. The minimum Gasteiger partial charge on any atom is -0.478 e. The van der Waals surface area contributed by atoms with Gasteiger partial charge in [-0.15, -0.1) is 0 Å². The lowest BCUT2D eigenvalue weighted by Crippen LogP contribution is -2.26. The fourth-order valence-corrected chi connectivity index (χ4v) is 1.55. The summed E-state index contributed by atoms with van der Waals surface area (Å²) in [7, 11) is 0. The van der Waals surface area contributed by atoms with Crippen LogP contribution in [0.4, 0.5) is 0 Å². The lowest BCUT2D eigenvalue weighted by atomic mass is 10.2. The van der Waals surface area contributed by atoms with Crippen LogP contribution in [0.5, 0.6) is 0 Å². The molecule has 0 aromatic rings. The molecule has 1 N–H and O–H groups in total. The zero-order chi connectivity index (χ0) is 11.7. The maximum atomic E-state index is 10.8. The average Bonchev–Trinajstić information content (AvgIpc) is 2.18. The highest BCUT2D eigenvalue weighted by Gasteiger charge is 2.05. The van der Waals surface area contributed by atoms with E-state index < -0.39 is 5.97 Å². The minimum atomic E-state index is -0.787. The summed E-state index contributed by atoms with van der Waals surface area (Å²) in [6.45, 7) is 9.01. The number of carboxylic acid groups (broad SMARTS) is 1. The van der Waals surface area contributed by atoms with E-state index in [1.54, 1.807) is 0 Å². The summed E-state index contributed by atoms with van der Waals surface area (Å²) in [6, 6.07) is 0. The predicted molar refractivity (Wildman–Crippen MR) is 63.0 cm³/mol. The highest BCUT2D eigenvalue weighted by Crippen LogP contribution is 2.02. The van der Waals surface area contributed by atoms with Crippen LogP contribution in [-0.2, 0) is 4.79 Å². The van der Waals surface area contributed by atoms with Crippen LogP contribution in [-0.4, -0.2) is 35.6 Å². The summed E-state index contributed by atoms with van der Waals surface area (Å²) in [5, 5.41) is 8.86. The minimum absolute atomic E-state index is 0.521.